The summed E-state index contributed by atoms with van der Waals surface area (Å²) in [5, 5.41) is 3.02. The molecular formula is C15H20BrN3O. The quantitative estimate of drug-likeness (QED) is 0.777. The Balaban J connectivity index is 1.68. The Kier molecular flexibility index (Phi) is 4.10. The smallest absolute Gasteiger partial charge is 0.243 e. The van der Waals surface area contributed by atoms with E-state index in [0.717, 1.165) is 22.1 Å². The Morgan fingerprint density at radius 3 is 2.90 bits per heavy atom. The number of anilines is 1. The van der Waals surface area contributed by atoms with Crippen LogP contribution in [0, 0.1) is 12.8 Å². The van der Waals surface area contributed by atoms with Crippen molar-refractivity contribution in [1.82, 2.24) is 10.9 Å². The first-order valence-corrected chi connectivity index (χ1v) is 8.02. The van der Waals surface area contributed by atoms with E-state index in [-0.39, 0.29) is 11.9 Å². The molecule has 5 heteroatoms. The summed E-state index contributed by atoms with van der Waals surface area (Å²) in [6, 6.07) is 6.21. The van der Waals surface area contributed by atoms with Gasteiger partial charge in [0.25, 0.3) is 0 Å². The number of benzene rings is 1. The zero-order valence-corrected chi connectivity index (χ0v) is 13.2. The summed E-state index contributed by atoms with van der Waals surface area (Å²) in [7, 11) is 0. The van der Waals surface area contributed by atoms with Gasteiger partial charge in [0.2, 0.25) is 5.91 Å². The van der Waals surface area contributed by atoms with Gasteiger partial charge >= 0.3 is 0 Å². The molecule has 20 heavy (non-hydrogen) atoms. The van der Waals surface area contributed by atoms with Crippen molar-refractivity contribution >= 4 is 27.5 Å². The van der Waals surface area contributed by atoms with E-state index in [1.165, 1.54) is 19.3 Å². The van der Waals surface area contributed by atoms with Gasteiger partial charge in [0.1, 0.15) is 6.04 Å². The largest absolute Gasteiger partial charge is 0.325 e. The summed E-state index contributed by atoms with van der Waals surface area (Å²) in [6.07, 6.45) is 4.78. The van der Waals surface area contributed by atoms with E-state index in [2.05, 4.69) is 32.1 Å². The predicted molar refractivity (Wildman–Crippen MR) is 83.3 cm³/mol. The predicted octanol–water partition coefficient (Wildman–Crippen LogP) is 2.73. The molecule has 1 amide bonds. The first-order chi connectivity index (χ1) is 9.65. The van der Waals surface area contributed by atoms with Gasteiger partial charge in [-0.1, -0.05) is 28.8 Å². The minimum atomic E-state index is -0.121. The monoisotopic (exact) mass is 337 g/mol. The number of hydrogen-bond donors (Lipinski definition) is 3. The zero-order valence-electron chi connectivity index (χ0n) is 11.6. The van der Waals surface area contributed by atoms with Crippen molar-refractivity contribution in [3.63, 3.8) is 0 Å². The molecule has 1 saturated carbocycles. The van der Waals surface area contributed by atoms with Crippen LogP contribution in [0.25, 0.3) is 0 Å². The van der Waals surface area contributed by atoms with E-state index in [1.54, 1.807) is 0 Å². The van der Waals surface area contributed by atoms with E-state index in [0.29, 0.717) is 12.0 Å². The second-order valence-corrected chi connectivity index (χ2v) is 6.63. The molecule has 1 heterocycles. The molecule has 1 aliphatic heterocycles. The van der Waals surface area contributed by atoms with E-state index >= 15 is 0 Å². The summed E-state index contributed by atoms with van der Waals surface area (Å²) in [4.78, 5) is 12.4. The third kappa shape index (κ3) is 2.75. The van der Waals surface area contributed by atoms with Crippen LogP contribution in [0.3, 0.4) is 0 Å². The lowest BCUT2D eigenvalue weighted by atomic mass is 9.81. The van der Waals surface area contributed by atoms with Gasteiger partial charge in [-0.05, 0) is 43.5 Å². The zero-order chi connectivity index (χ0) is 14.1. The number of rotatable bonds is 2. The number of halogens is 1. The molecule has 1 aromatic carbocycles. The number of nitrogens with one attached hydrogen (secondary N) is 3. The van der Waals surface area contributed by atoms with Crippen LogP contribution in [-0.2, 0) is 4.79 Å². The number of carbonyl (C=O) groups excluding carboxylic acids is 1. The number of hydrazine groups is 1. The maximum atomic E-state index is 12.4. The molecule has 0 bridgehead atoms. The minimum absolute atomic E-state index is 0.0635. The molecule has 1 aliphatic carbocycles. The van der Waals surface area contributed by atoms with Gasteiger partial charge in [-0.15, -0.1) is 0 Å². The van der Waals surface area contributed by atoms with Crippen molar-refractivity contribution in [3.05, 3.63) is 28.2 Å². The molecule has 0 radical (unpaired) electrons. The normalized spacial score (nSPS) is 29.0. The molecule has 3 unspecified atom stereocenters. The third-order valence-corrected chi connectivity index (χ3v) is 5.27. The van der Waals surface area contributed by atoms with Gasteiger partial charge in [0.15, 0.2) is 0 Å². The average molecular weight is 338 g/mol. The van der Waals surface area contributed by atoms with Crippen LogP contribution in [0.15, 0.2) is 22.7 Å². The molecule has 108 valence electrons. The fraction of sp³-hybridized carbons (Fsp3) is 0.533. The first-order valence-electron chi connectivity index (χ1n) is 7.23. The Morgan fingerprint density at radius 2 is 2.10 bits per heavy atom. The second kappa shape index (κ2) is 5.84. The molecule has 1 saturated heterocycles. The van der Waals surface area contributed by atoms with Gasteiger partial charge < -0.3 is 5.32 Å². The van der Waals surface area contributed by atoms with Crippen LogP contribution in [0.2, 0.25) is 0 Å². The van der Waals surface area contributed by atoms with Crippen LogP contribution < -0.4 is 16.2 Å². The fourth-order valence-electron chi connectivity index (χ4n) is 3.24. The number of aryl methyl sites for hydroxylation is 1. The highest BCUT2D eigenvalue weighted by atomic mass is 79.9. The standard InChI is InChI=1S/C15H20BrN3O/c1-9-8-10(6-7-12(9)16)17-15(20)14-11-4-2-3-5-13(11)18-19-14/h6-8,11,13-14,18-19H,2-5H2,1H3,(H,17,20). The maximum absolute atomic E-state index is 12.4. The summed E-state index contributed by atoms with van der Waals surface area (Å²) < 4.78 is 1.06. The Bertz CT molecular complexity index is 520. The van der Waals surface area contributed by atoms with Crippen LogP contribution in [0.4, 0.5) is 5.69 Å². The highest BCUT2D eigenvalue weighted by molar-refractivity contribution is 9.10. The second-order valence-electron chi connectivity index (χ2n) is 5.77. The Morgan fingerprint density at radius 1 is 1.30 bits per heavy atom. The van der Waals surface area contributed by atoms with E-state index in [4.69, 9.17) is 0 Å². The molecule has 3 atom stereocenters. The van der Waals surface area contributed by atoms with E-state index < -0.39 is 0 Å². The van der Waals surface area contributed by atoms with E-state index in [9.17, 15) is 4.79 Å². The molecule has 0 aromatic heterocycles. The lowest BCUT2D eigenvalue weighted by molar-refractivity contribution is -0.118. The molecule has 3 N–H and O–H groups in total. The lowest BCUT2D eigenvalue weighted by Crippen LogP contribution is -2.42. The fourth-order valence-corrected chi connectivity index (χ4v) is 3.49. The first kappa shape index (κ1) is 14.0. The summed E-state index contributed by atoms with van der Waals surface area (Å²) in [5.41, 5.74) is 8.43. The van der Waals surface area contributed by atoms with Crippen LogP contribution in [0.5, 0.6) is 0 Å². The molecule has 2 aliphatic rings. The van der Waals surface area contributed by atoms with Crippen molar-refractivity contribution in [2.75, 3.05) is 5.32 Å². The highest BCUT2D eigenvalue weighted by Gasteiger charge is 2.40. The molecule has 1 aromatic rings. The van der Waals surface area contributed by atoms with Gasteiger partial charge in [-0.25, -0.2) is 5.43 Å². The van der Waals surface area contributed by atoms with Gasteiger partial charge in [-0.3, -0.25) is 10.2 Å². The molecular weight excluding hydrogens is 318 g/mol. The lowest BCUT2D eigenvalue weighted by Gasteiger charge is -2.26. The molecule has 2 fully saturated rings. The van der Waals surface area contributed by atoms with Gasteiger partial charge in [-0.2, -0.15) is 0 Å². The van der Waals surface area contributed by atoms with Crippen LogP contribution in [0.1, 0.15) is 31.2 Å². The third-order valence-electron chi connectivity index (χ3n) is 4.38. The van der Waals surface area contributed by atoms with Crippen molar-refractivity contribution < 1.29 is 4.79 Å². The summed E-state index contributed by atoms with van der Waals surface area (Å²) in [5.74, 6) is 0.480. The maximum Gasteiger partial charge on any atom is 0.243 e. The molecule has 4 nitrogen and oxygen atoms in total. The van der Waals surface area contributed by atoms with E-state index in [1.807, 2.05) is 25.1 Å². The number of amides is 1. The number of carbonyl (C=O) groups is 1. The van der Waals surface area contributed by atoms with Crippen LogP contribution in [-0.4, -0.2) is 18.0 Å². The molecule has 3 rings (SSSR count). The van der Waals surface area contributed by atoms with Crippen molar-refractivity contribution in [3.8, 4) is 0 Å². The Labute approximate surface area is 127 Å². The molecule has 0 spiro atoms. The highest BCUT2D eigenvalue weighted by Crippen LogP contribution is 2.30. The van der Waals surface area contributed by atoms with Crippen molar-refractivity contribution in [1.29, 1.82) is 0 Å². The SMILES string of the molecule is Cc1cc(NC(=O)C2NNC3CCCCC32)ccc1Br. The van der Waals surface area contributed by atoms with Crippen molar-refractivity contribution in [2.24, 2.45) is 5.92 Å². The minimum Gasteiger partial charge on any atom is -0.325 e. The van der Waals surface area contributed by atoms with Crippen LogP contribution >= 0.6 is 15.9 Å². The number of hydrogen-bond acceptors (Lipinski definition) is 3. The summed E-state index contributed by atoms with van der Waals surface area (Å²) >= 11 is 3.47. The van der Waals surface area contributed by atoms with Gasteiger partial charge in [0, 0.05) is 22.1 Å². The topological polar surface area (TPSA) is 53.2 Å². The number of fused-ring (bicyclic) bond motifs is 1. The van der Waals surface area contributed by atoms with Crippen molar-refractivity contribution in [2.45, 2.75) is 44.7 Å². The summed E-state index contributed by atoms with van der Waals surface area (Å²) in [6.45, 7) is 2.02. The Hall–Kier alpha value is -0.910. The van der Waals surface area contributed by atoms with Gasteiger partial charge in [0.05, 0.1) is 0 Å². The average Bonchev–Trinajstić information content (AvgIpc) is 2.87.